The van der Waals surface area contributed by atoms with Gasteiger partial charge in [-0.25, -0.2) is 0 Å². The molecule has 0 amide bonds. The second kappa shape index (κ2) is 4.97. The standard InChI is InChI=1S/C11H23NO/c1-11(2,3)9-13-8-10-5-4-6-12-7-10/h10,12H,4-9H2,1-3H3/t10-/m0/s1. The van der Waals surface area contributed by atoms with Gasteiger partial charge in [0.15, 0.2) is 0 Å². The van der Waals surface area contributed by atoms with E-state index in [4.69, 9.17) is 4.74 Å². The summed E-state index contributed by atoms with van der Waals surface area (Å²) < 4.78 is 5.70. The van der Waals surface area contributed by atoms with Gasteiger partial charge in [-0.15, -0.1) is 0 Å². The smallest absolute Gasteiger partial charge is 0.0514 e. The first-order valence-corrected chi connectivity index (χ1v) is 5.36. The molecule has 0 bridgehead atoms. The van der Waals surface area contributed by atoms with Gasteiger partial charge >= 0.3 is 0 Å². The molecule has 0 aliphatic carbocycles. The summed E-state index contributed by atoms with van der Waals surface area (Å²) >= 11 is 0. The van der Waals surface area contributed by atoms with Crippen molar-refractivity contribution in [3.8, 4) is 0 Å². The maximum atomic E-state index is 5.70. The van der Waals surface area contributed by atoms with Crippen LogP contribution in [-0.4, -0.2) is 26.3 Å². The minimum Gasteiger partial charge on any atom is -0.381 e. The first kappa shape index (κ1) is 11.0. The molecule has 1 rings (SSSR count). The fraction of sp³-hybridized carbons (Fsp3) is 1.00. The lowest BCUT2D eigenvalue weighted by Gasteiger charge is -2.25. The quantitative estimate of drug-likeness (QED) is 0.726. The van der Waals surface area contributed by atoms with Gasteiger partial charge in [0.05, 0.1) is 13.2 Å². The minimum atomic E-state index is 0.308. The van der Waals surface area contributed by atoms with Crippen LogP contribution >= 0.6 is 0 Å². The molecule has 0 unspecified atom stereocenters. The zero-order valence-electron chi connectivity index (χ0n) is 9.23. The summed E-state index contributed by atoms with van der Waals surface area (Å²) in [5.41, 5.74) is 0.308. The molecule has 1 fully saturated rings. The fourth-order valence-electron chi connectivity index (χ4n) is 1.60. The Kier molecular flexibility index (Phi) is 4.20. The molecule has 78 valence electrons. The van der Waals surface area contributed by atoms with E-state index >= 15 is 0 Å². The van der Waals surface area contributed by atoms with Crippen LogP contribution in [0.4, 0.5) is 0 Å². The minimum absolute atomic E-state index is 0.308. The van der Waals surface area contributed by atoms with Crippen molar-refractivity contribution in [1.29, 1.82) is 0 Å². The second-order valence-corrected chi connectivity index (χ2v) is 5.29. The molecular formula is C11H23NO. The average molecular weight is 185 g/mol. The highest BCUT2D eigenvalue weighted by atomic mass is 16.5. The zero-order valence-corrected chi connectivity index (χ0v) is 9.23. The molecule has 1 saturated heterocycles. The van der Waals surface area contributed by atoms with E-state index in [1.807, 2.05) is 0 Å². The molecule has 2 nitrogen and oxygen atoms in total. The predicted molar refractivity (Wildman–Crippen MR) is 55.9 cm³/mol. The number of nitrogens with one attached hydrogen (secondary N) is 1. The lowest BCUT2D eigenvalue weighted by molar-refractivity contribution is 0.0420. The molecule has 0 aromatic rings. The van der Waals surface area contributed by atoms with Gasteiger partial charge in [-0.2, -0.15) is 0 Å². The molecule has 1 heterocycles. The molecule has 1 aliphatic rings. The highest BCUT2D eigenvalue weighted by molar-refractivity contribution is 4.69. The van der Waals surface area contributed by atoms with Crippen LogP contribution in [0, 0.1) is 11.3 Å². The number of piperidine rings is 1. The van der Waals surface area contributed by atoms with Crippen molar-refractivity contribution in [2.75, 3.05) is 26.3 Å². The van der Waals surface area contributed by atoms with Gasteiger partial charge in [0, 0.05) is 6.54 Å². The van der Waals surface area contributed by atoms with Crippen molar-refractivity contribution in [1.82, 2.24) is 5.32 Å². The first-order chi connectivity index (χ1) is 6.08. The van der Waals surface area contributed by atoms with Crippen molar-refractivity contribution in [3.05, 3.63) is 0 Å². The Hall–Kier alpha value is -0.0800. The van der Waals surface area contributed by atoms with Gasteiger partial charge in [-0.3, -0.25) is 0 Å². The Balaban J connectivity index is 2.04. The van der Waals surface area contributed by atoms with Crippen LogP contribution in [-0.2, 0) is 4.74 Å². The van der Waals surface area contributed by atoms with Gasteiger partial charge in [0.2, 0.25) is 0 Å². The van der Waals surface area contributed by atoms with Crippen molar-refractivity contribution in [2.45, 2.75) is 33.6 Å². The largest absolute Gasteiger partial charge is 0.381 e. The molecule has 0 aromatic carbocycles. The molecule has 2 heteroatoms. The molecule has 13 heavy (non-hydrogen) atoms. The van der Waals surface area contributed by atoms with Crippen LogP contribution in [0.3, 0.4) is 0 Å². The van der Waals surface area contributed by atoms with Gasteiger partial charge < -0.3 is 10.1 Å². The Bertz CT molecular complexity index is 134. The van der Waals surface area contributed by atoms with E-state index in [1.165, 1.54) is 19.4 Å². The molecule has 1 N–H and O–H groups in total. The summed E-state index contributed by atoms with van der Waals surface area (Å²) in [5.74, 6) is 0.746. The van der Waals surface area contributed by atoms with Crippen molar-refractivity contribution in [3.63, 3.8) is 0 Å². The highest BCUT2D eigenvalue weighted by Crippen LogP contribution is 2.15. The van der Waals surface area contributed by atoms with E-state index in [0.717, 1.165) is 25.7 Å². The Morgan fingerprint density at radius 2 is 2.15 bits per heavy atom. The molecule has 0 saturated carbocycles. The van der Waals surface area contributed by atoms with Crippen LogP contribution in [0.1, 0.15) is 33.6 Å². The number of hydrogen-bond acceptors (Lipinski definition) is 2. The fourth-order valence-corrected chi connectivity index (χ4v) is 1.60. The van der Waals surface area contributed by atoms with Gasteiger partial charge in [0.1, 0.15) is 0 Å². The summed E-state index contributed by atoms with van der Waals surface area (Å²) in [4.78, 5) is 0. The lowest BCUT2D eigenvalue weighted by Crippen LogP contribution is -2.33. The molecule has 0 spiro atoms. The van der Waals surface area contributed by atoms with E-state index in [9.17, 15) is 0 Å². The van der Waals surface area contributed by atoms with Crippen LogP contribution in [0.25, 0.3) is 0 Å². The normalized spacial score (nSPS) is 24.7. The highest BCUT2D eigenvalue weighted by Gasteiger charge is 2.15. The zero-order chi connectivity index (χ0) is 9.73. The molecule has 1 aliphatic heterocycles. The van der Waals surface area contributed by atoms with Crippen LogP contribution < -0.4 is 5.32 Å². The number of hydrogen-bond donors (Lipinski definition) is 1. The monoisotopic (exact) mass is 185 g/mol. The Labute approximate surface area is 82.0 Å². The summed E-state index contributed by atoms with van der Waals surface area (Å²) in [7, 11) is 0. The van der Waals surface area contributed by atoms with E-state index in [1.54, 1.807) is 0 Å². The summed E-state index contributed by atoms with van der Waals surface area (Å²) in [6, 6.07) is 0. The van der Waals surface area contributed by atoms with Crippen molar-refractivity contribution >= 4 is 0 Å². The van der Waals surface area contributed by atoms with Crippen molar-refractivity contribution in [2.24, 2.45) is 11.3 Å². The predicted octanol–water partition coefficient (Wildman–Crippen LogP) is 2.05. The maximum absolute atomic E-state index is 5.70. The average Bonchev–Trinajstić information content (AvgIpc) is 2.04. The van der Waals surface area contributed by atoms with Gasteiger partial charge in [-0.1, -0.05) is 20.8 Å². The molecule has 0 aromatic heterocycles. The van der Waals surface area contributed by atoms with Crippen LogP contribution in [0.2, 0.25) is 0 Å². The van der Waals surface area contributed by atoms with E-state index in [0.29, 0.717) is 5.41 Å². The van der Waals surface area contributed by atoms with E-state index in [-0.39, 0.29) is 0 Å². The third-order valence-corrected chi connectivity index (χ3v) is 2.29. The Morgan fingerprint density at radius 1 is 1.38 bits per heavy atom. The molecule has 1 atom stereocenters. The molecule has 0 radical (unpaired) electrons. The first-order valence-electron chi connectivity index (χ1n) is 5.36. The van der Waals surface area contributed by atoms with Crippen molar-refractivity contribution < 1.29 is 4.74 Å². The number of ether oxygens (including phenoxy) is 1. The van der Waals surface area contributed by atoms with Gasteiger partial charge in [-0.05, 0) is 30.7 Å². The third-order valence-electron chi connectivity index (χ3n) is 2.29. The molecular weight excluding hydrogens is 162 g/mol. The summed E-state index contributed by atoms with van der Waals surface area (Å²) in [6.45, 7) is 10.8. The number of rotatable bonds is 3. The Morgan fingerprint density at radius 3 is 2.69 bits per heavy atom. The van der Waals surface area contributed by atoms with E-state index < -0.39 is 0 Å². The van der Waals surface area contributed by atoms with Crippen LogP contribution in [0.15, 0.2) is 0 Å². The SMILES string of the molecule is CC(C)(C)COC[C@H]1CCCNC1. The van der Waals surface area contributed by atoms with Crippen LogP contribution in [0.5, 0.6) is 0 Å². The summed E-state index contributed by atoms with van der Waals surface area (Å²) in [5, 5.41) is 3.40. The summed E-state index contributed by atoms with van der Waals surface area (Å²) in [6.07, 6.45) is 2.64. The van der Waals surface area contributed by atoms with E-state index in [2.05, 4.69) is 26.1 Å². The topological polar surface area (TPSA) is 21.3 Å². The van der Waals surface area contributed by atoms with Gasteiger partial charge in [0.25, 0.3) is 0 Å². The lowest BCUT2D eigenvalue weighted by atomic mass is 9.98. The maximum Gasteiger partial charge on any atom is 0.0514 e. The third kappa shape index (κ3) is 5.27. The second-order valence-electron chi connectivity index (χ2n) is 5.29.